The van der Waals surface area contributed by atoms with E-state index in [1.807, 2.05) is 0 Å². The lowest BCUT2D eigenvalue weighted by atomic mass is 10.1. The van der Waals surface area contributed by atoms with Crippen molar-refractivity contribution in [2.75, 3.05) is 0 Å². The van der Waals surface area contributed by atoms with Crippen molar-refractivity contribution < 1.29 is 39.4 Å². The van der Waals surface area contributed by atoms with E-state index in [1.54, 1.807) is 0 Å². The van der Waals surface area contributed by atoms with Crippen LogP contribution in [-0.4, -0.2) is 22.2 Å². The van der Waals surface area contributed by atoms with E-state index < -0.39 is 11.9 Å². The standard InChI is InChI=1S/C20H14O8/c21-15-5-9-17(10-6-15)25-27-19(23)13-1-2-14(4-3-13)20(24)28-26-18-11-7-16(22)8-12-18/h1-12,21-22H. The second-order valence-electron chi connectivity index (χ2n) is 5.47. The summed E-state index contributed by atoms with van der Waals surface area (Å²) in [6, 6.07) is 16.7. The van der Waals surface area contributed by atoms with Crippen molar-refractivity contribution in [3.63, 3.8) is 0 Å². The van der Waals surface area contributed by atoms with E-state index in [0.29, 0.717) is 0 Å². The van der Waals surface area contributed by atoms with E-state index in [4.69, 9.17) is 9.78 Å². The molecule has 0 amide bonds. The fraction of sp³-hybridized carbons (Fsp3) is 0. The molecule has 0 aliphatic rings. The lowest BCUT2D eigenvalue weighted by Gasteiger charge is -2.06. The van der Waals surface area contributed by atoms with Gasteiger partial charge in [-0.3, -0.25) is 9.78 Å². The third-order valence-electron chi connectivity index (χ3n) is 3.46. The summed E-state index contributed by atoms with van der Waals surface area (Å²) in [5, 5.41) is 18.4. The maximum atomic E-state index is 11.9. The molecule has 0 heterocycles. The van der Waals surface area contributed by atoms with E-state index in [2.05, 4.69) is 9.78 Å². The van der Waals surface area contributed by atoms with Gasteiger partial charge in [-0.2, -0.15) is 0 Å². The van der Waals surface area contributed by atoms with Crippen LogP contribution in [0.3, 0.4) is 0 Å². The minimum Gasteiger partial charge on any atom is -0.508 e. The summed E-state index contributed by atoms with van der Waals surface area (Å²) < 4.78 is 0. The van der Waals surface area contributed by atoms with Crippen LogP contribution < -0.4 is 9.78 Å². The molecule has 0 fully saturated rings. The monoisotopic (exact) mass is 382 g/mol. The van der Waals surface area contributed by atoms with Gasteiger partial charge in [0.05, 0.1) is 11.1 Å². The smallest absolute Gasteiger partial charge is 0.386 e. The number of phenolic OH excluding ortho intramolecular Hbond substituents is 2. The van der Waals surface area contributed by atoms with Crippen LogP contribution in [0.4, 0.5) is 0 Å². The van der Waals surface area contributed by atoms with E-state index in [9.17, 15) is 19.8 Å². The molecule has 0 unspecified atom stereocenters. The van der Waals surface area contributed by atoms with Gasteiger partial charge >= 0.3 is 11.9 Å². The highest BCUT2D eigenvalue weighted by atomic mass is 17.2. The molecule has 0 bridgehead atoms. The summed E-state index contributed by atoms with van der Waals surface area (Å²) in [7, 11) is 0. The quantitative estimate of drug-likeness (QED) is 0.493. The summed E-state index contributed by atoms with van der Waals surface area (Å²) in [6.45, 7) is 0. The Morgan fingerprint density at radius 2 is 0.857 bits per heavy atom. The summed E-state index contributed by atoms with van der Waals surface area (Å²) in [5.74, 6) is -0.969. The molecule has 0 aromatic heterocycles. The Kier molecular flexibility index (Phi) is 5.61. The van der Waals surface area contributed by atoms with E-state index in [0.717, 1.165) is 0 Å². The number of benzene rings is 3. The van der Waals surface area contributed by atoms with Gasteiger partial charge in [0.1, 0.15) is 11.5 Å². The zero-order chi connectivity index (χ0) is 19.9. The molecule has 3 aromatic rings. The summed E-state index contributed by atoms with van der Waals surface area (Å²) in [5.41, 5.74) is 0.296. The molecular weight excluding hydrogens is 368 g/mol. The first kappa shape index (κ1) is 18.6. The average Bonchev–Trinajstić information content (AvgIpc) is 2.72. The topological polar surface area (TPSA) is 112 Å². The first-order chi connectivity index (χ1) is 13.5. The van der Waals surface area contributed by atoms with Crippen LogP contribution in [0, 0.1) is 0 Å². The molecule has 28 heavy (non-hydrogen) atoms. The highest BCUT2D eigenvalue weighted by Crippen LogP contribution is 2.18. The molecule has 0 saturated carbocycles. The first-order valence-electron chi connectivity index (χ1n) is 7.97. The molecule has 8 nitrogen and oxygen atoms in total. The Hall–Kier alpha value is -4.20. The number of carbonyl (C=O) groups is 2. The van der Waals surface area contributed by atoms with Crippen LogP contribution in [-0.2, 0) is 9.78 Å². The number of aromatic hydroxyl groups is 2. The van der Waals surface area contributed by atoms with Crippen LogP contribution in [0.1, 0.15) is 20.7 Å². The molecule has 0 aliphatic carbocycles. The highest BCUT2D eigenvalue weighted by Gasteiger charge is 2.13. The Bertz CT molecular complexity index is 867. The predicted octanol–water partition coefficient (Wildman–Crippen LogP) is 3.40. The number of rotatable bonds is 6. The van der Waals surface area contributed by atoms with Crippen LogP contribution in [0.5, 0.6) is 23.0 Å². The van der Waals surface area contributed by atoms with E-state index >= 15 is 0 Å². The van der Waals surface area contributed by atoms with Gasteiger partial charge in [0.15, 0.2) is 11.5 Å². The Morgan fingerprint density at radius 3 is 1.18 bits per heavy atom. The Balaban J connectivity index is 1.53. The lowest BCUT2D eigenvalue weighted by Crippen LogP contribution is -2.11. The Morgan fingerprint density at radius 1 is 0.536 bits per heavy atom. The van der Waals surface area contributed by atoms with E-state index in [-0.39, 0.29) is 34.1 Å². The van der Waals surface area contributed by atoms with Gasteiger partial charge in [0.2, 0.25) is 0 Å². The van der Waals surface area contributed by atoms with Crippen molar-refractivity contribution in [3.8, 4) is 23.0 Å². The largest absolute Gasteiger partial charge is 0.508 e. The normalized spacial score (nSPS) is 10.0. The van der Waals surface area contributed by atoms with Crippen molar-refractivity contribution in [1.82, 2.24) is 0 Å². The zero-order valence-electron chi connectivity index (χ0n) is 14.3. The fourth-order valence-electron chi connectivity index (χ4n) is 2.01. The number of hydrogen-bond donors (Lipinski definition) is 2. The number of carbonyl (C=O) groups excluding carboxylic acids is 2. The number of phenols is 2. The SMILES string of the molecule is O=C(OOc1ccc(O)cc1)c1ccc(C(=O)OOc2ccc(O)cc2)cc1. The van der Waals surface area contributed by atoms with Crippen molar-refractivity contribution in [3.05, 3.63) is 83.9 Å². The van der Waals surface area contributed by atoms with Crippen molar-refractivity contribution in [2.45, 2.75) is 0 Å². The highest BCUT2D eigenvalue weighted by molar-refractivity contribution is 5.93. The van der Waals surface area contributed by atoms with Gasteiger partial charge in [-0.05, 0) is 72.8 Å². The molecular formula is C20H14O8. The average molecular weight is 382 g/mol. The molecule has 0 radical (unpaired) electrons. The van der Waals surface area contributed by atoms with Gasteiger partial charge in [-0.1, -0.05) is 0 Å². The van der Waals surface area contributed by atoms with Crippen LogP contribution in [0.15, 0.2) is 72.8 Å². The third kappa shape index (κ3) is 4.92. The minimum atomic E-state index is -0.770. The minimum absolute atomic E-state index is 0.0514. The second kappa shape index (κ2) is 8.45. The summed E-state index contributed by atoms with van der Waals surface area (Å²) in [4.78, 5) is 43.0. The van der Waals surface area contributed by atoms with Crippen LogP contribution in [0.25, 0.3) is 0 Å². The van der Waals surface area contributed by atoms with Crippen LogP contribution >= 0.6 is 0 Å². The molecule has 0 atom stereocenters. The van der Waals surface area contributed by atoms with Gasteiger partial charge < -0.3 is 10.2 Å². The summed E-state index contributed by atoms with van der Waals surface area (Å²) in [6.07, 6.45) is 0. The molecule has 0 spiro atoms. The predicted molar refractivity (Wildman–Crippen MR) is 94.7 cm³/mol. The number of hydrogen-bond acceptors (Lipinski definition) is 8. The lowest BCUT2D eigenvalue weighted by molar-refractivity contribution is -0.150. The van der Waals surface area contributed by atoms with Gasteiger partial charge in [0.25, 0.3) is 0 Å². The second-order valence-corrected chi connectivity index (χ2v) is 5.47. The molecule has 3 aromatic carbocycles. The molecule has 0 saturated heterocycles. The van der Waals surface area contributed by atoms with Crippen molar-refractivity contribution in [1.29, 1.82) is 0 Å². The van der Waals surface area contributed by atoms with Crippen molar-refractivity contribution in [2.24, 2.45) is 0 Å². The van der Waals surface area contributed by atoms with Crippen LogP contribution in [0.2, 0.25) is 0 Å². The molecule has 0 aliphatic heterocycles. The third-order valence-corrected chi connectivity index (χ3v) is 3.46. The summed E-state index contributed by atoms with van der Waals surface area (Å²) >= 11 is 0. The molecule has 142 valence electrons. The molecule has 2 N–H and O–H groups in total. The van der Waals surface area contributed by atoms with Gasteiger partial charge in [-0.25, -0.2) is 19.4 Å². The van der Waals surface area contributed by atoms with Gasteiger partial charge in [-0.15, -0.1) is 0 Å². The van der Waals surface area contributed by atoms with Gasteiger partial charge in [0, 0.05) is 0 Å². The maximum Gasteiger partial charge on any atom is 0.386 e. The van der Waals surface area contributed by atoms with E-state index in [1.165, 1.54) is 72.8 Å². The zero-order valence-corrected chi connectivity index (χ0v) is 14.3. The Labute approximate surface area is 158 Å². The fourth-order valence-corrected chi connectivity index (χ4v) is 2.01. The van der Waals surface area contributed by atoms with Crippen molar-refractivity contribution >= 4 is 11.9 Å². The first-order valence-corrected chi connectivity index (χ1v) is 7.97. The molecule has 3 rings (SSSR count). The maximum absolute atomic E-state index is 11.9. The molecule has 8 heteroatoms.